The molecule has 0 atom stereocenters. The quantitative estimate of drug-likeness (QED) is 0.197. The van der Waals surface area contributed by atoms with Crippen LogP contribution < -0.4 is 0 Å². The molecule has 287 valence electrons. The molecule has 0 spiro atoms. The minimum absolute atomic E-state index is 0. The molecule has 0 amide bonds. The van der Waals surface area contributed by atoms with Gasteiger partial charge < -0.3 is 52.1 Å². The second-order valence-electron chi connectivity index (χ2n) is 12.6. The first-order valence-corrected chi connectivity index (χ1v) is 17.7. The summed E-state index contributed by atoms with van der Waals surface area (Å²) in [7, 11) is 0. The summed E-state index contributed by atoms with van der Waals surface area (Å²) in [6, 6.07) is 21.7. The Morgan fingerprint density at radius 3 is 0.808 bits per heavy atom. The van der Waals surface area contributed by atoms with Gasteiger partial charge in [-0.15, -0.1) is 19.6 Å². The van der Waals surface area contributed by atoms with Crippen molar-refractivity contribution in [2.75, 3.05) is 72.5 Å². The molecule has 0 unspecified atom stereocenters. The summed E-state index contributed by atoms with van der Waals surface area (Å²) in [5.74, 6) is 0. The summed E-state index contributed by atoms with van der Waals surface area (Å²) in [5.41, 5.74) is 26.7. The molecule has 7 rings (SSSR count). The zero-order valence-corrected chi connectivity index (χ0v) is 34.0. The van der Waals surface area contributed by atoms with Crippen molar-refractivity contribution in [2.45, 2.75) is 58.3 Å². The summed E-state index contributed by atoms with van der Waals surface area (Å²) in [6.45, 7) is 11.4. The molecule has 52 heavy (non-hydrogen) atoms. The Morgan fingerprint density at radius 2 is 0.635 bits per heavy atom. The van der Waals surface area contributed by atoms with E-state index in [0.717, 1.165) is 52.9 Å². The van der Waals surface area contributed by atoms with E-state index in [1.54, 1.807) is 18.2 Å². The Kier molecular flexibility index (Phi) is 29.9. The van der Waals surface area contributed by atoms with Gasteiger partial charge in [0, 0.05) is 52.9 Å². The number of hydrogen-bond acceptors (Lipinski definition) is 4. The molecule has 4 saturated heterocycles. The molecule has 4 aliphatic heterocycles. The van der Waals surface area contributed by atoms with E-state index in [2.05, 4.69) is 22.9 Å². The number of rotatable bonds is 9. The van der Waals surface area contributed by atoms with Gasteiger partial charge in [0.05, 0.1) is 0 Å². The molecular weight excluding hydrogens is 781 g/mol. The standard InChI is InChI=1S/C23H24N6.4C4H8O.3Mn/c1-23(14-27-20-11-5-2-8-17(20)24,15-28-21-12-6-3-9-18(21)25)16-29-22-13-7-4-10-19(22)26;4*1-2-4-5-3-1;;;/h2-13,24-26H,14-16H2,1H3;4*1-4H2;;;/q-6;;;;;3*+2. The zero-order valence-electron chi connectivity index (χ0n) is 30.5. The monoisotopic (exact) mass is 837 g/mol. The first-order valence-electron chi connectivity index (χ1n) is 17.7. The fourth-order valence-electron chi connectivity index (χ4n) is 4.85. The van der Waals surface area contributed by atoms with Gasteiger partial charge in [-0.2, -0.15) is 34.1 Å². The average molecular weight is 838 g/mol. The molecule has 13 heteroatoms. The van der Waals surface area contributed by atoms with Crippen molar-refractivity contribution in [2.24, 2.45) is 5.41 Å². The predicted molar refractivity (Wildman–Crippen MR) is 203 cm³/mol. The Morgan fingerprint density at radius 1 is 0.423 bits per heavy atom. The van der Waals surface area contributed by atoms with Crippen molar-refractivity contribution < 1.29 is 70.2 Å². The van der Waals surface area contributed by atoms with Crippen molar-refractivity contribution in [1.29, 1.82) is 0 Å². The third-order valence-corrected chi connectivity index (χ3v) is 7.91. The second-order valence-corrected chi connectivity index (χ2v) is 12.6. The fourth-order valence-corrected chi connectivity index (χ4v) is 4.85. The number of nitrogens with zero attached hydrogens (tertiary/aromatic N) is 3. The van der Waals surface area contributed by atoms with Gasteiger partial charge in [0.1, 0.15) is 0 Å². The molecule has 0 aromatic heterocycles. The molecule has 0 saturated carbocycles. The largest absolute Gasteiger partial charge is 2.00 e. The molecule has 3 radical (unpaired) electrons. The van der Waals surface area contributed by atoms with Gasteiger partial charge >= 0.3 is 51.2 Å². The maximum absolute atomic E-state index is 8.02. The van der Waals surface area contributed by atoms with Crippen molar-refractivity contribution >= 4 is 34.1 Å². The average Bonchev–Trinajstić information content (AvgIpc) is 3.98. The van der Waals surface area contributed by atoms with Crippen LogP contribution in [0.25, 0.3) is 33.2 Å². The van der Waals surface area contributed by atoms with Crippen LogP contribution in [0.1, 0.15) is 58.3 Å². The van der Waals surface area contributed by atoms with Gasteiger partial charge in [-0.3, -0.25) is 0 Å². The zero-order chi connectivity index (χ0) is 34.8. The maximum atomic E-state index is 8.02. The van der Waals surface area contributed by atoms with Crippen molar-refractivity contribution in [3.8, 4) is 0 Å². The van der Waals surface area contributed by atoms with E-state index < -0.39 is 5.41 Å². The van der Waals surface area contributed by atoms with E-state index in [1.165, 1.54) is 51.4 Å². The van der Waals surface area contributed by atoms with Gasteiger partial charge in [-0.25, -0.2) is 0 Å². The van der Waals surface area contributed by atoms with E-state index >= 15 is 0 Å². The number of nitrogens with one attached hydrogen (secondary N) is 3. The molecule has 3 aromatic rings. The predicted octanol–water partition coefficient (Wildman–Crippen LogP) is 12.3. The molecule has 3 aromatic carbocycles. The SMILES string of the molecule is C1CCOC1.C1CCOC1.C1CCOC1.C1CCOC1.CC(C[N-]c1ccccc1[NH-])(C[N-]c1ccccc1[NH-])C[N-]c1ccccc1[NH-].[Mn+2].[Mn+2].[Mn+2]. The molecule has 4 fully saturated rings. The number of benzene rings is 3. The Bertz CT molecular complexity index is 1090. The van der Waals surface area contributed by atoms with E-state index in [-0.39, 0.29) is 51.2 Å². The van der Waals surface area contributed by atoms with Crippen molar-refractivity contribution in [3.63, 3.8) is 0 Å². The van der Waals surface area contributed by atoms with E-state index in [1.807, 2.05) is 54.6 Å². The molecular formula is C39H56Mn3N6O4. The van der Waals surface area contributed by atoms with Gasteiger partial charge in [-0.05, 0) is 51.4 Å². The van der Waals surface area contributed by atoms with E-state index in [4.69, 9.17) is 36.1 Å². The Balaban J connectivity index is 0.000000904. The fraction of sp³-hybridized carbons (Fsp3) is 0.538. The summed E-state index contributed by atoms with van der Waals surface area (Å²) in [4.78, 5) is 0. The molecule has 0 bridgehead atoms. The molecule has 0 aliphatic carbocycles. The van der Waals surface area contributed by atoms with Gasteiger partial charge in [0.25, 0.3) is 0 Å². The Labute approximate surface area is 344 Å². The number of ether oxygens (including phenoxy) is 4. The maximum Gasteiger partial charge on any atom is 2.00 e. The summed E-state index contributed by atoms with van der Waals surface area (Å²) >= 11 is 0. The number of hydrogen-bond donors (Lipinski definition) is 0. The third-order valence-electron chi connectivity index (χ3n) is 7.91. The number of para-hydroxylation sites is 3. The van der Waals surface area contributed by atoms with Crippen LogP contribution in [0.4, 0.5) is 34.1 Å². The first kappa shape index (κ1) is 49.9. The third kappa shape index (κ3) is 22.2. The second kappa shape index (κ2) is 31.2. The summed E-state index contributed by atoms with van der Waals surface area (Å²) < 4.78 is 19.8. The molecule has 4 aliphatic rings. The molecule has 4 heterocycles. The smallest absolute Gasteiger partial charge is 0.700 e. The van der Waals surface area contributed by atoms with E-state index in [9.17, 15) is 0 Å². The van der Waals surface area contributed by atoms with Crippen LogP contribution in [0.5, 0.6) is 0 Å². The van der Waals surface area contributed by atoms with Crippen LogP contribution in [0.2, 0.25) is 0 Å². The normalized spacial score (nSPS) is 15.4. The topological polar surface area (TPSA) is 151 Å². The van der Waals surface area contributed by atoms with Gasteiger partial charge in [0.15, 0.2) is 0 Å². The Hall–Kier alpha value is -2.14. The summed E-state index contributed by atoms with van der Waals surface area (Å²) in [5, 5.41) is 13.9. The van der Waals surface area contributed by atoms with Crippen LogP contribution >= 0.6 is 0 Å². The van der Waals surface area contributed by atoms with E-state index in [0.29, 0.717) is 53.8 Å². The van der Waals surface area contributed by atoms with Crippen LogP contribution in [-0.2, 0) is 70.2 Å². The van der Waals surface area contributed by atoms with Crippen LogP contribution in [0.3, 0.4) is 0 Å². The minimum atomic E-state index is -0.410. The van der Waals surface area contributed by atoms with Crippen LogP contribution in [0, 0.1) is 5.41 Å². The first-order chi connectivity index (χ1) is 24.0. The van der Waals surface area contributed by atoms with Crippen LogP contribution in [-0.4, -0.2) is 72.5 Å². The summed E-state index contributed by atoms with van der Waals surface area (Å²) in [6.07, 6.45) is 10.2. The van der Waals surface area contributed by atoms with Gasteiger partial charge in [-0.1, -0.05) is 85.1 Å². The van der Waals surface area contributed by atoms with Gasteiger partial charge in [0.2, 0.25) is 0 Å². The van der Waals surface area contributed by atoms with Crippen molar-refractivity contribution in [3.05, 3.63) is 106 Å². The molecule has 10 nitrogen and oxygen atoms in total. The van der Waals surface area contributed by atoms with Crippen molar-refractivity contribution in [1.82, 2.24) is 0 Å². The molecule has 3 N–H and O–H groups in total. The minimum Gasteiger partial charge on any atom is -0.700 e. The van der Waals surface area contributed by atoms with Crippen LogP contribution in [0.15, 0.2) is 72.8 Å².